The molecule has 0 aromatic heterocycles. The molecule has 0 unspecified atom stereocenters. The van der Waals surface area contributed by atoms with Crippen molar-refractivity contribution in [2.75, 3.05) is 5.73 Å². The Bertz CT molecular complexity index is 354. The number of aliphatic hydroxyl groups is 1. The predicted octanol–water partition coefficient (Wildman–Crippen LogP) is 0.808. The normalized spacial score (nSPS) is 10.0. The van der Waals surface area contributed by atoms with E-state index in [-0.39, 0.29) is 11.3 Å². The van der Waals surface area contributed by atoms with Crippen LogP contribution in [0.25, 0.3) is 0 Å². The summed E-state index contributed by atoms with van der Waals surface area (Å²) in [6.07, 6.45) is 0. The molecule has 0 saturated heterocycles. The van der Waals surface area contributed by atoms with Crippen LogP contribution in [0, 0.1) is 15.9 Å². The van der Waals surface area contributed by atoms with Gasteiger partial charge in [-0.2, -0.15) is 0 Å². The second kappa shape index (κ2) is 3.36. The van der Waals surface area contributed by atoms with Crippen LogP contribution in [-0.2, 0) is 6.61 Å². The van der Waals surface area contributed by atoms with Crippen LogP contribution in [0.4, 0.5) is 15.8 Å². The van der Waals surface area contributed by atoms with Crippen molar-refractivity contribution >= 4 is 11.4 Å². The van der Waals surface area contributed by atoms with Crippen LogP contribution in [0.1, 0.15) is 5.56 Å². The van der Waals surface area contributed by atoms with E-state index in [0.29, 0.717) is 0 Å². The Morgan fingerprint density at radius 1 is 1.62 bits per heavy atom. The first kappa shape index (κ1) is 9.40. The maximum Gasteiger partial charge on any atom is 0.297 e. The zero-order valence-corrected chi connectivity index (χ0v) is 6.53. The fourth-order valence-electron chi connectivity index (χ4n) is 1.02. The van der Waals surface area contributed by atoms with E-state index < -0.39 is 23.0 Å². The van der Waals surface area contributed by atoms with E-state index in [0.717, 1.165) is 12.1 Å². The van der Waals surface area contributed by atoms with Gasteiger partial charge < -0.3 is 10.8 Å². The second-order valence-corrected chi connectivity index (χ2v) is 2.42. The summed E-state index contributed by atoms with van der Waals surface area (Å²) in [6, 6.07) is 1.73. The van der Waals surface area contributed by atoms with E-state index in [1.54, 1.807) is 0 Å². The van der Waals surface area contributed by atoms with Gasteiger partial charge >= 0.3 is 0 Å². The number of nitrogens with two attached hydrogens (primary N) is 1. The summed E-state index contributed by atoms with van der Waals surface area (Å²) < 4.78 is 12.6. The zero-order valence-electron chi connectivity index (χ0n) is 6.53. The molecule has 6 heteroatoms. The van der Waals surface area contributed by atoms with E-state index in [4.69, 9.17) is 10.8 Å². The third-order valence-electron chi connectivity index (χ3n) is 1.54. The van der Waals surface area contributed by atoms with Gasteiger partial charge in [0, 0.05) is 6.07 Å². The highest BCUT2D eigenvalue weighted by atomic mass is 19.1. The van der Waals surface area contributed by atoms with Crippen LogP contribution < -0.4 is 5.73 Å². The molecule has 1 rings (SSSR count). The fourth-order valence-corrected chi connectivity index (χ4v) is 1.02. The van der Waals surface area contributed by atoms with Crippen LogP contribution in [0.5, 0.6) is 0 Å². The Labute approximate surface area is 72.7 Å². The molecule has 0 heterocycles. The van der Waals surface area contributed by atoms with Crippen molar-refractivity contribution in [2.45, 2.75) is 6.61 Å². The van der Waals surface area contributed by atoms with Crippen LogP contribution in [0.2, 0.25) is 0 Å². The van der Waals surface area contributed by atoms with Crippen LogP contribution in [0.3, 0.4) is 0 Å². The Kier molecular flexibility index (Phi) is 2.43. The highest BCUT2D eigenvalue weighted by molar-refractivity contribution is 5.62. The van der Waals surface area contributed by atoms with E-state index in [9.17, 15) is 14.5 Å². The van der Waals surface area contributed by atoms with Gasteiger partial charge in [0.1, 0.15) is 11.5 Å². The van der Waals surface area contributed by atoms with Gasteiger partial charge in [0.15, 0.2) is 0 Å². The number of nitro groups is 1. The number of hydrogen-bond donors (Lipinski definition) is 2. The summed E-state index contributed by atoms with van der Waals surface area (Å²) >= 11 is 0. The Morgan fingerprint density at radius 2 is 2.23 bits per heavy atom. The molecule has 1 aromatic rings. The zero-order chi connectivity index (χ0) is 10.0. The highest BCUT2D eigenvalue weighted by Crippen LogP contribution is 2.27. The molecular formula is C7H7FN2O3. The van der Waals surface area contributed by atoms with E-state index in [2.05, 4.69) is 0 Å². The molecule has 5 nitrogen and oxygen atoms in total. The van der Waals surface area contributed by atoms with Crippen LogP contribution in [0.15, 0.2) is 12.1 Å². The van der Waals surface area contributed by atoms with Crippen LogP contribution >= 0.6 is 0 Å². The molecule has 13 heavy (non-hydrogen) atoms. The minimum absolute atomic E-state index is 0.123. The third-order valence-corrected chi connectivity index (χ3v) is 1.54. The standard InChI is InChI=1S/C7H7FN2O3/c8-5-1-4(3-11)7(10(12)13)6(9)2-5/h1-2,11H,3,9H2. The molecule has 3 N–H and O–H groups in total. The molecule has 0 atom stereocenters. The van der Waals surface area contributed by atoms with Crippen molar-refractivity contribution in [1.82, 2.24) is 0 Å². The summed E-state index contributed by atoms with van der Waals surface area (Å²) in [7, 11) is 0. The first-order valence-electron chi connectivity index (χ1n) is 3.39. The van der Waals surface area contributed by atoms with Crippen molar-refractivity contribution < 1.29 is 14.4 Å². The molecule has 0 radical (unpaired) electrons. The van der Waals surface area contributed by atoms with Gasteiger partial charge in [0.05, 0.1) is 17.1 Å². The van der Waals surface area contributed by atoms with Crippen molar-refractivity contribution in [3.8, 4) is 0 Å². The number of rotatable bonds is 2. The van der Waals surface area contributed by atoms with Crippen LogP contribution in [-0.4, -0.2) is 10.0 Å². The van der Waals surface area contributed by atoms with Crippen molar-refractivity contribution in [1.29, 1.82) is 0 Å². The molecule has 0 aliphatic carbocycles. The first-order chi connectivity index (χ1) is 6.06. The van der Waals surface area contributed by atoms with Crippen molar-refractivity contribution in [3.63, 3.8) is 0 Å². The van der Waals surface area contributed by atoms with Gasteiger partial charge in [-0.1, -0.05) is 0 Å². The van der Waals surface area contributed by atoms with Crippen molar-refractivity contribution in [3.05, 3.63) is 33.6 Å². The molecule has 1 aromatic carbocycles. The lowest BCUT2D eigenvalue weighted by Gasteiger charge is -2.02. The maximum atomic E-state index is 12.6. The number of nitrogens with zero attached hydrogens (tertiary/aromatic N) is 1. The van der Waals surface area contributed by atoms with Gasteiger partial charge in [0.25, 0.3) is 5.69 Å². The monoisotopic (exact) mass is 186 g/mol. The van der Waals surface area contributed by atoms with Crippen molar-refractivity contribution in [2.24, 2.45) is 0 Å². The summed E-state index contributed by atoms with van der Waals surface area (Å²) in [4.78, 5) is 9.66. The summed E-state index contributed by atoms with van der Waals surface area (Å²) in [5.41, 5.74) is 4.36. The summed E-state index contributed by atoms with van der Waals surface area (Å²) in [5.74, 6) is -0.702. The number of aliphatic hydroxyl groups excluding tert-OH is 1. The third kappa shape index (κ3) is 1.73. The number of halogens is 1. The SMILES string of the molecule is Nc1cc(F)cc(CO)c1[N+](=O)[O-]. The number of nitrogen functional groups attached to an aromatic ring is 1. The summed E-state index contributed by atoms with van der Waals surface area (Å²) in [5, 5.41) is 19.1. The lowest BCUT2D eigenvalue weighted by Crippen LogP contribution is -2.01. The summed E-state index contributed by atoms with van der Waals surface area (Å²) in [6.45, 7) is -0.613. The topological polar surface area (TPSA) is 89.4 Å². The average Bonchev–Trinajstić information content (AvgIpc) is 2.01. The Balaban J connectivity index is 3.38. The van der Waals surface area contributed by atoms with E-state index >= 15 is 0 Å². The smallest absolute Gasteiger partial charge is 0.297 e. The number of hydrogen-bond acceptors (Lipinski definition) is 4. The second-order valence-electron chi connectivity index (χ2n) is 2.42. The minimum atomic E-state index is -0.750. The first-order valence-corrected chi connectivity index (χ1v) is 3.39. The van der Waals surface area contributed by atoms with E-state index in [1.807, 2.05) is 0 Å². The molecule has 0 aliphatic heterocycles. The van der Waals surface area contributed by atoms with Gasteiger partial charge in [-0.3, -0.25) is 10.1 Å². The van der Waals surface area contributed by atoms with Gasteiger partial charge in [-0.15, -0.1) is 0 Å². The lowest BCUT2D eigenvalue weighted by molar-refractivity contribution is -0.384. The number of nitro benzene ring substituents is 1. The molecule has 0 aliphatic rings. The average molecular weight is 186 g/mol. The Hall–Kier alpha value is -1.69. The molecule has 70 valence electrons. The van der Waals surface area contributed by atoms with Gasteiger partial charge in [-0.05, 0) is 6.07 Å². The van der Waals surface area contributed by atoms with Gasteiger partial charge in [-0.25, -0.2) is 4.39 Å². The molecule has 0 fully saturated rings. The number of benzene rings is 1. The van der Waals surface area contributed by atoms with Gasteiger partial charge in [0.2, 0.25) is 0 Å². The minimum Gasteiger partial charge on any atom is -0.393 e. The predicted molar refractivity (Wildman–Crippen MR) is 43.4 cm³/mol. The molecule has 0 amide bonds. The Morgan fingerprint density at radius 3 is 2.69 bits per heavy atom. The molecule has 0 spiro atoms. The molecule has 0 saturated carbocycles. The largest absolute Gasteiger partial charge is 0.393 e. The fraction of sp³-hybridized carbons (Fsp3) is 0.143. The number of anilines is 1. The van der Waals surface area contributed by atoms with E-state index in [1.165, 1.54) is 0 Å². The molecular weight excluding hydrogens is 179 g/mol. The highest BCUT2D eigenvalue weighted by Gasteiger charge is 2.18. The quantitative estimate of drug-likeness (QED) is 0.406. The molecule has 0 bridgehead atoms. The lowest BCUT2D eigenvalue weighted by atomic mass is 10.1. The maximum absolute atomic E-state index is 12.6.